The summed E-state index contributed by atoms with van der Waals surface area (Å²) >= 11 is 3.29. The number of carbonyl (C=O) groups is 1. The summed E-state index contributed by atoms with van der Waals surface area (Å²) in [5.74, 6) is 0.702. The first-order chi connectivity index (χ1) is 9.75. The number of hydrogen-bond donors (Lipinski definition) is 1. The van der Waals surface area contributed by atoms with Crippen molar-refractivity contribution < 1.29 is 4.79 Å². The molecule has 104 valence electrons. The van der Waals surface area contributed by atoms with E-state index in [2.05, 4.69) is 10.5 Å². The average Bonchev–Trinajstić information content (AvgIpc) is 3.00. The number of rotatable bonds is 6. The molecule has 0 saturated carbocycles. The number of benzene rings is 1. The lowest BCUT2D eigenvalue weighted by Gasteiger charge is -2.02. The van der Waals surface area contributed by atoms with Crippen LogP contribution < -0.4 is 5.43 Å². The fraction of sp³-hybridized carbons (Fsp3) is 0.200. The Hall–Kier alpha value is -1.59. The van der Waals surface area contributed by atoms with Crippen molar-refractivity contribution in [1.29, 1.82) is 0 Å². The summed E-state index contributed by atoms with van der Waals surface area (Å²) in [6.07, 6.45) is 0.459. The van der Waals surface area contributed by atoms with Crippen molar-refractivity contribution >= 4 is 34.7 Å². The Kier molecular flexibility index (Phi) is 5.83. The third-order valence-electron chi connectivity index (χ3n) is 2.57. The van der Waals surface area contributed by atoms with Crippen LogP contribution in [-0.2, 0) is 4.79 Å². The van der Waals surface area contributed by atoms with Crippen LogP contribution in [0.2, 0.25) is 0 Å². The van der Waals surface area contributed by atoms with Crippen LogP contribution in [0.5, 0.6) is 0 Å². The molecule has 1 aromatic carbocycles. The van der Waals surface area contributed by atoms with Gasteiger partial charge in [-0.15, -0.1) is 23.1 Å². The molecule has 0 aliphatic heterocycles. The number of thioether (sulfide) groups is 1. The van der Waals surface area contributed by atoms with E-state index in [-0.39, 0.29) is 5.91 Å². The second-order valence-corrected chi connectivity index (χ2v) is 6.24. The molecule has 0 bridgehead atoms. The van der Waals surface area contributed by atoms with E-state index in [1.807, 2.05) is 54.8 Å². The van der Waals surface area contributed by atoms with Crippen molar-refractivity contribution in [1.82, 2.24) is 5.43 Å². The summed E-state index contributed by atoms with van der Waals surface area (Å²) in [5.41, 5.74) is 3.44. The second-order valence-electron chi connectivity index (χ2n) is 4.12. The van der Waals surface area contributed by atoms with Crippen LogP contribution in [0.15, 0.2) is 57.8 Å². The summed E-state index contributed by atoms with van der Waals surface area (Å²) in [7, 11) is 0. The maximum absolute atomic E-state index is 11.7. The maximum atomic E-state index is 11.7. The van der Waals surface area contributed by atoms with Gasteiger partial charge in [0.1, 0.15) is 0 Å². The highest BCUT2D eigenvalue weighted by atomic mass is 32.2. The molecule has 20 heavy (non-hydrogen) atoms. The topological polar surface area (TPSA) is 41.5 Å². The maximum Gasteiger partial charge on any atom is 0.240 e. The third-order valence-corrected chi connectivity index (χ3v) is 4.56. The Morgan fingerprint density at radius 1 is 1.25 bits per heavy atom. The smallest absolute Gasteiger partial charge is 0.240 e. The molecule has 0 spiro atoms. The highest BCUT2D eigenvalue weighted by Gasteiger charge is 2.02. The molecule has 0 atom stereocenters. The minimum absolute atomic E-state index is 0.0515. The number of thiophene rings is 1. The van der Waals surface area contributed by atoms with E-state index in [9.17, 15) is 4.79 Å². The molecule has 2 rings (SSSR count). The molecule has 0 saturated heterocycles. The van der Waals surface area contributed by atoms with Gasteiger partial charge in [0.05, 0.1) is 5.71 Å². The lowest BCUT2D eigenvalue weighted by molar-refractivity contribution is -0.120. The van der Waals surface area contributed by atoms with Crippen LogP contribution in [0, 0.1) is 0 Å². The molecule has 3 nitrogen and oxygen atoms in total. The van der Waals surface area contributed by atoms with Crippen molar-refractivity contribution in [3.63, 3.8) is 0 Å². The van der Waals surface area contributed by atoms with Crippen LogP contribution in [-0.4, -0.2) is 17.4 Å². The minimum atomic E-state index is -0.0515. The molecule has 0 fully saturated rings. The lowest BCUT2D eigenvalue weighted by atomic mass is 10.3. The van der Waals surface area contributed by atoms with E-state index in [0.29, 0.717) is 6.42 Å². The molecule has 1 amide bonds. The monoisotopic (exact) mass is 304 g/mol. The molecule has 0 unspecified atom stereocenters. The van der Waals surface area contributed by atoms with Crippen LogP contribution >= 0.6 is 23.1 Å². The first-order valence-corrected chi connectivity index (χ1v) is 8.17. The fourth-order valence-corrected chi connectivity index (χ4v) is 3.07. The number of hydrogen-bond acceptors (Lipinski definition) is 4. The van der Waals surface area contributed by atoms with Gasteiger partial charge in [-0.05, 0) is 30.5 Å². The summed E-state index contributed by atoms with van der Waals surface area (Å²) in [4.78, 5) is 13.9. The van der Waals surface area contributed by atoms with Crippen LogP contribution in [0.4, 0.5) is 0 Å². The first kappa shape index (κ1) is 14.8. The van der Waals surface area contributed by atoms with Crippen LogP contribution in [0.25, 0.3) is 0 Å². The van der Waals surface area contributed by atoms with E-state index < -0.39 is 0 Å². The largest absolute Gasteiger partial charge is 0.273 e. The molecular weight excluding hydrogens is 288 g/mol. The van der Waals surface area contributed by atoms with Gasteiger partial charge in [-0.3, -0.25) is 4.79 Å². The average molecular weight is 304 g/mol. The van der Waals surface area contributed by atoms with Gasteiger partial charge < -0.3 is 0 Å². The summed E-state index contributed by atoms with van der Waals surface area (Å²) in [6.45, 7) is 1.89. The van der Waals surface area contributed by atoms with Gasteiger partial charge >= 0.3 is 0 Å². The lowest BCUT2D eigenvalue weighted by Crippen LogP contribution is -2.19. The summed E-state index contributed by atoms with van der Waals surface area (Å²) in [5, 5.41) is 6.10. The van der Waals surface area contributed by atoms with Gasteiger partial charge in [-0.1, -0.05) is 24.3 Å². The van der Waals surface area contributed by atoms with Gasteiger partial charge in [0, 0.05) is 21.9 Å². The Morgan fingerprint density at radius 2 is 2.05 bits per heavy atom. The first-order valence-electron chi connectivity index (χ1n) is 6.30. The van der Waals surface area contributed by atoms with Crippen molar-refractivity contribution in [2.45, 2.75) is 18.2 Å². The van der Waals surface area contributed by atoms with Gasteiger partial charge in [0.15, 0.2) is 0 Å². The number of nitrogens with one attached hydrogen (secondary N) is 1. The van der Waals surface area contributed by atoms with Crippen LogP contribution in [0.1, 0.15) is 18.2 Å². The molecule has 1 heterocycles. The Morgan fingerprint density at radius 3 is 2.75 bits per heavy atom. The van der Waals surface area contributed by atoms with E-state index in [1.54, 1.807) is 23.1 Å². The molecule has 1 aromatic heterocycles. The summed E-state index contributed by atoms with van der Waals surface area (Å²) < 4.78 is 0. The molecule has 0 aliphatic carbocycles. The highest BCUT2D eigenvalue weighted by Crippen LogP contribution is 2.17. The Balaban J connectivity index is 1.72. The normalized spacial score (nSPS) is 11.3. The second kappa shape index (κ2) is 7.87. The van der Waals surface area contributed by atoms with Crippen molar-refractivity contribution in [2.75, 3.05) is 5.75 Å². The predicted octanol–water partition coefficient (Wildman–Crippen LogP) is 3.77. The van der Waals surface area contributed by atoms with Crippen molar-refractivity contribution in [3.8, 4) is 0 Å². The number of amides is 1. The number of nitrogens with zero attached hydrogens (tertiary/aromatic N) is 1. The van der Waals surface area contributed by atoms with E-state index in [0.717, 1.165) is 16.3 Å². The van der Waals surface area contributed by atoms with E-state index in [1.165, 1.54) is 4.90 Å². The van der Waals surface area contributed by atoms with Gasteiger partial charge in [-0.2, -0.15) is 5.10 Å². The fourth-order valence-electron chi connectivity index (χ4n) is 1.52. The zero-order chi connectivity index (χ0) is 14.2. The molecule has 1 N–H and O–H groups in total. The third kappa shape index (κ3) is 4.83. The van der Waals surface area contributed by atoms with Crippen molar-refractivity contribution in [2.24, 2.45) is 5.10 Å². The van der Waals surface area contributed by atoms with E-state index in [4.69, 9.17) is 0 Å². The minimum Gasteiger partial charge on any atom is -0.273 e. The predicted molar refractivity (Wildman–Crippen MR) is 86.5 cm³/mol. The Labute approximate surface area is 127 Å². The zero-order valence-corrected chi connectivity index (χ0v) is 12.8. The summed E-state index contributed by atoms with van der Waals surface area (Å²) in [6, 6.07) is 14.0. The molecular formula is C15H16N2OS2. The molecule has 5 heteroatoms. The van der Waals surface area contributed by atoms with E-state index >= 15 is 0 Å². The molecule has 0 radical (unpaired) electrons. The number of hydrazone groups is 1. The molecule has 2 aromatic rings. The standard InChI is InChI=1S/C15H16N2OS2/c1-12(14-8-5-10-20-14)16-17-15(18)9-11-19-13-6-3-2-4-7-13/h2-8,10H,9,11H2,1H3,(H,17,18). The van der Waals surface area contributed by atoms with Gasteiger partial charge in [0.25, 0.3) is 0 Å². The van der Waals surface area contributed by atoms with Crippen molar-refractivity contribution in [3.05, 3.63) is 52.7 Å². The zero-order valence-electron chi connectivity index (χ0n) is 11.2. The van der Waals surface area contributed by atoms with Gasteiger partial charge in [-0.25, -0.2) is 5.43 Å². The van der Waals surface area contributed by atoms with Crippen LogP contribution in [0.3, 0.4) is 0 Å². The number of carbonyl (C=O) groups excluding carboxylic acids is 1. The SMILES string of the molecule is CC(=NNC(=O)CCSc1ccccc1)c1cccs1. The molecule has 0 aliphatic rings. The Bertz CT molecular complexity index is 565. The highest BCUT2D eigenvalue weighted by molar-refractivity contribution is 7.99. The quantitative estimate of drug-likeness (QED) is 0.501. The van der Waals surface area contributed by atoms with Gasteiger partial charge in [0.2, 0.25) is 5.91 Å².